The van der Waals surface area contributed by atoms with Gasteiger partial charge < -0.3 is 5.32 Å². The van der Waals surface area contributed by atoms with Gasteiger partial charge in [0.1, 0.15) is 0 Å². The molecule has 2 atom stereocenters. The molecule has 1 fully saturated rings. The number of carbonyl (C=O) groups is 1. The van der Waals surface area contributed by atoms with Gasteiger partial charge in [0.15, 0.2) is 0 Å². The quantitative estimate of drug-likeness (QED) is 0.903. The van der Waals surface area contributed by atoms with Crippen LogP contribution in [0.5, 0.6) is 0 Å². The first-order valence-corrected chi connectivity index (χ1v) is 10.6. The summed E-state index contributed by atoms with van der Waals surface area (Å²) in [4.78, 5) is 12.6. The van der Waals surface area contributed by atoms with Crippen LogP contribution in [0.15, 0.2) is 18.2 Å². The van der Waals surface area contributed by atoms with Crippen molar-refractivity contribution in [2.24, 2.45) is 5.92 Å². The highest BCUT2D eigenvalue weighted by atomic mass is 32.2. The van der Waals surface area contributed by atoms with Crippen LogP contribution in [0, 0.1) is 5.92 Å². The van der Waals surface area contributed by atoms with E-state index in [1.807, 2.05) is 6.92 Å². The average molecular weight is 350 g/mol. The molecular weight excluding hydrogens is 324 g/mol. The summed E-state index contributed by atoms with van der Waals surface area (Å²) in [6.45, 7) is 2.80. The molecule has 1 saturated heterocycles. The van der Waals surface area contributed by atoms with Crippen molar-refractivity contribution in [3.8, 4) is 0 Å². The Balaban J connectivity index is 1.63. The number of carbonyl (C=O) groups excluding carboxylic acids is 1. The molecule has 1 heterocycles. The normalized spacial score (nSPS) is 22.8. The topological polar surface area (TPSA) is 66.5 Å². The third-order valence-corrected chi connectivity index (χ3v) is 6.47. The lowest BCUT2D eigenvalue weighted by atomic mass is 9.97. The highest BCUT2D eigenvalue weighted by Crippen LogP contribution is 2.26. The predicted molar refractivity (Wildman–Crippen MR) is 94.2 cm³/mol. The third-order valence-electron chi connectivity index (χ3n) is 5.21. The SMILES string of the molecule is CC(NC(=O)C1CCCN(S(C)(=O)=O)C1)c1ccc2c(c1)CCC2. The van der Waals surface area contributed by atoms with Crippen molar-refractivity contribution < 1.29 is 13.2 Å². The summed E-state index contributed by atoms with van der Waals surface area (Å²) in [6.07, 6.45) is 6.17. The van der Waals surface area contributed by atoms with Gasteiger partial charge in [-0.15, -0.1) is 0 Å². The Labute approximate surface area is 144 Å². The van der Waals surface area contributed by atoms with Crippen molar-refractivity contribution in [1.29, 1.82) is 0 Å². The molecule has 132 valence electrons. The first-order valence-electron chi connectivity index (χ1n) is 8.72. The van der Waals surface area contributed by atoms with Gasteiger partial charge in [0.2, 0.25) is 15.9 Å². The summed E-state index contributed by atoms with van der Waals surface area (Å²) in [5.74, 6) is -0.304. The van der Waals surface area contributed by atoms with Crippen LogP contribution in [0.4, 0.5) is 0 Å². The zero-order valence-corrected chi connectivity index (χ0v) is 15.2. The van der Waals surface area contributed by atoms with E-state index >= 15 is 0 Å². The molecule has 0 aromatic heterocycles. The van der Waals surface area contributed by atoms with Crippen LogP contribution in [0.3, 0.4) is 0 Å². The summed E-state index contributed by atoms with van der Waals surface area (Å²) < 4.78 is 24.8. The maximum Gasteiger partial charge on any atom is 0.224 e. The van der Waals surface area contributed by atoms with Gasteiger partial charge in [0.05, 0.1) is 18.2 Å². The number of nitrogens with one attached hydrogen (secondary N) is 1. The molecule has 0 radical (unpaired) electrons. The number of sulfonamides is 1. The lowest BCUT2D eigenvalue weighted by molar-refractivity contribution is -0.126. The molecule has 1 amide bonds. The Kier molecular flexibility index (Phi) is 4.97. The standard InChI is InChI=1S/C18H26N2O3S/c1-13(15-9-8-14-5-3-6-16(14)11-15)19-18(21)17-7-4-10-20(12-17)24(2,22)23/h8-9,11,13,17H,3-7,10,12H2,1-2H3,(H,19,21). The third kappa shape index (κ3) is 3.81. The average Bonchev–Trinajstić information content (AvgIpc) is 3.01. The van der Waals surface area contributed by atoms with E-state index in [0.717, 1.165) is 31.2 Å². The van der Waals surface area contributed by atoms with Gasteiger partial charge in [-0.1, -0.05) is 18.2 Å². The second-order valence-corrected chi connectivity index (χ2v) is 9.05. The van der Waals surface area contributed by atoms with Crippen LogP contribution in [-0.2, 0) is 27.7 Å². The Morgan fingerprint density at radius 2 is 2.00 bits per heavy atom. The largest absolute Gasteiger partial charge is 0.349 e. The van der Waals surface area contributed by atoms with Gasteiger partial charge in [-0.05, 0) is 55.7 Å². The Bertz CT molecular complexity index is 730. The maximum absolute atomic E-state index is 12.6. The fraction of sp³-hybridized carbons (Fsp3) is 0.611. The first-order chi connectivity index (χ1) is 11.3. The number of amides is 1. The monoisotopic (exact) mass is 350 g/mol. The predicted octanol–water partition coefficient (Wildman–Crippen LogP) is 2.02. The molecule has 2 unspecified atom stereocenters. The smallest absolute Gasteiger partial charge is 0.224 e. The molecule has 1 aliphatic heterocycles. The number of aryl methyl sites for hydroxylation is 2. The number of benzene rings is 1. The fourth-order valence-electron chi connectivity index (χ4n) is 3.73. The number of piperidine rings is 1. The van der Waals surface area contributed by atoms with E-state index in [1.165, 1.54) is 28.1 Å². The van der Waals surface area contributed by atoms with E-state index in [0.29, 0.717) is 13.1 Å². The Hall–Kier alpha value is -1.40. The zero-order chi connectivity index (χ0) is 17.3. The summed E-state index contributed by atoms with van der Waals surface area (Å²) in [6, 6.07) is 6.42. The molecule has 24 heavy (non-hydrogen) atoms. The van der Waals surface area contributed by atoms with E-state index in [4.69, 9.17) is 0 Å². The minimum atomic E-state index is -3.23. The van der Waals surface area contributed by atoms with Crippen molar-refractivity contribution in [3.05, 3.63) is 34.9 Å². The number of fused-ring (bicyclic) bond motifs is 1. The van der Waals surface area contributed by atoms with E-state index in [-0.39, 0.29) is 17.9 Å². The molecule has 1 aromatic rings. The van der Waals surface area contributed by atoms with Crippen molar-refractivity contribution in [1.82, 2.24) is 9.62 Å². The summed E-state index contributed by atoms with van der Waals surface area (Å²) in [5.41, 5.74) is 3.95. The van der Waals surface area contributed by atoms with Gasteiger partial charge in [0.25, 0.3) is 0 Å². The summed E-state index contributed by atoms with van der Waals surface area (Å²) in [7, 11) is -3.23. The minimum Gasteiger partial charge on any atom is -0.349 e. The van der Waals surface area contributed by atoms with Gasteiger partial charge in [-0.3, -0.25) is 4.79 Å². The molecule has 2 aliphatic rings. The van der Waals surface area contributed by atoms with Crippen LogP contribution >= 0.6 is 0 Å². The minimum absolute atomic E-state index is 0.0450. The number of hydrogen-bond donors (Lipinski definition) is 1. The molecule has 0 bridgehead atoms. The van der Waals surface area contributed by atoms with Crippen LogP contribution < -0.4 is 5.32 Å². The molecule has 0 saturated carbocycles. The van der Waals surface area contributed by atoms with Gasteiger partial charge in [0, 0.05) is 13.1 Å². The molecule has 0 spiro atoms. The summed E-state index contributed by atoms with van der Waals surface area (Å²) in [5, 5.41) is 3.07. The molecular formula is C18H26N2O3S. The number of hydrogen-bond acceptors (Lipinski definition) is 3. The van der Waals surface area contributed by atoms with Crippen molar-refractivity contribution in [3.63, 3.8) is 0 Å². The maximum atomic E-state index is 12.6. The first kappa shape index (κ1) is 17.4. The number of rotatable bonds is 4. The molecule has 1 aliphatic carbocycles. The second-order valence-electron chi connectivity index (χ2n) is 7.07. The Morgan fingerprint density at radius 3 is 2.75 bits per heavy atom. The van der Waals surface area contributed by atoms with Gasteiger partial charge >= 0.3 is 0 Å². The van der Waals surface area contributed by atoms with E-state index in [1.54, 1.807) is 0 Å². The van der Waals surface area contributed by atoms with E-state index < -0.39 is 10.0 Å². The van der Waals surface area contributed by atoms with Gasteiger partial charge in [-0.25, -0.2) is 12.7 Å². The van der Waals surface area contributed by atoms with Crippen LogP contribution in [0.2, 0.25) is 0 Å². The summed E-state index contributed by atoms with van der Waals surface area (Å²) >= 11 is 0. The molecule has 1 N–H and O–H groups in total. The van der Waals surface area contributed by atoms with Crippen molar-refractivity contribution in [2.75, 3.05) is 19.3 Å². The molecule has 5 nitrogen and oxygen atoms in total. The zero-order valence-electron chi connectivity index (χ0n) is 14.4. The Morgan fingerprint density at radius 1 is 1.25 bits per heavy atom. The van der Waals surface area contributed by atoms with Crippen molar-refractivity contribution in [2.45, 2.75) is 45.1 Å². The van der Waals surface area contributed by atoms with E-state index in [2.05, 4.69) is 23.5 Å². The second kappa shape index (κ2) is 6.84. The van der Waals surface area contributed by atoms with Crippen LogP contribution in [-0.4, -0.2) is 38.0 Å². The lowest BCUT2D eigenvalue weighted by Crippen LogP contribution is -2.45. The molecule has 3 rings (SSSR count). The van der Waals surface area contributed by atoms with E-state index in [9.17, 15) is 13.2 Å². The van der Waals surface area contributed by atoms with Crippen molar-refractivity contribution >= 4 is 15.9 Å². The highest BCUT2D eigenvalue weighted by molar-refractivity contribution is 7.88. The highest BCUT2D eigenvalue weighted by Gasteiger charge is 2.30. The molecule has 1 aromatic carbocycles. The number of nitrogens with zero attached hydrogens (tertiary/aromatic N) is 1. The lowest BCUT2D eigenvalue weighted by Gasteiger charge is -2.31. The van der Waals surface area contributed by atoms with Crippen LogP contribution in [0.25, 0.3) is 0 Å². The molecule has 6 heteroatoms. The van der Waals surface area contributed by atoms with Gasteiger partial charge in [-0.2, -0.15) is 0 Å². The van der Waals surface area contributed by atoms with Crippen LogP contribution in [0.1, 0.15) is 48.9 Å². The fourth-order valence-corrected chi connectivity index (χ4v) is 4.64.